The number of methoxy groups -OCH3 is 1. The predicted octanol–water partition coefficient (Wildman–Crippen LogP) is 3.33. The van der Waals surface area contributed by atoms with Crippen LogP contribution >= 0.6 is 0 Å². The van der Waals surface area contributed by atoms with Crippen LogP contribution in [0.3, 0.4) is 0 Å². The second-order valence-corrected chi connectivity index (χ2v) is 7.18. The highest BCUT2D eigenvalue weighted by Crippen LogP contribution is 2.39. The van der Waals surface area contributed by atoms with Crippen LogP contribution in [0.2, 0.25) is 0 Å². The summed E-state index contributed by atoms with van der Waals surface area (Å²) in [6.07, 6.45) is 0.441. The van der Waals surface area contributed by atoms with Crippen LogP contribution in [0.15, 0.2) is 36.4 Å². The Morgan fingerprint density at radius 2 is 2.04 bits per heavy atom. The monoisotopic (exact) mass is 372 g/mol. The Morgan fingerprint density at radius 1 is 1.33 bits per heavy atom. The van der Waals surface area contributed by atoms with E-state index >= 15 is 0 Å². The smallest absolute Gasteiger partial charge is 0.296 e. The van der Waals surface area contributed by atoms with Crippen molar-refractivity contribution >= 4 is 11.4 Å². The number of nitro benzene ring substituents is 1. The van der Waals surface area contributed by atoms with Crippen molar-refractivity contribution in [1.82, 2.24) is 0 Å². The predicted molar refractivity (Wildman–Crippen MR) is 103 cm³/mol. The van der Waals surface area contributed by atoms with E-state index in [0.717, 1.165) is 16.9 Å². The first-order chi connectivity index (χ1) is 12.8. The minimum absolute atomic E-state index is 0.0318. The van der Waals surface area contributed by atoms with E-state index in [1.807, 2.05) is 24.3 Å². The van der Waals surface area contributed by atoms with Crippen molar-refractivity contribution in [1.29, 1.82) is 0 Å². The quantitative estimate of drug-likeness (QED) is 0.597. The molecule has 0 amide bonds. The summed E-state index contributed by atoms with van der Waals surface area (Å²) < 4.78 is 10.9. The fraction of sp³-hybridized carbons (Fsp3) is 0.400. The van der Waals surface area contributed by atoms with Gasteiger partial charge >= 0.3 is 0 Å². The normalized spacial score (nSPS) is 17.6. The van der Waals surface area contributed by atoms with Crippen LogP contribution in [0.1, 0.15) is 25.0 Å². The van der Waals surface area contributed by atoms with Gasteiger partial charge in [0.2, 0.25) is 0 Å². The zero-order valence-corrected chi connectivity index (χ0v) is 15.7. The molecule has 2 aromatic carbocycles. The summed E-state index contributed by atoms with van der Waals surface area (Å²) in [5, 5.41) is 24.9. The maximum absolute atomic E-state index is 11.5. The van der Waals surface area contributed by atoms with Gasteiger partial charge in [-0.25, -0.2) is 0 Å². The van der Waals surface area contributed by atoms with E-state index in [1.54, 1.807) is 27.0 Å². The molecule has 0 radical (unpaired) electrons. The minimum Gasteiger partial charge on any atom is -0.497 e. The maximum Gasteiger partial charge on any atom is 0.296 e. The average Bonchev–Trinajstić information content (AvgIpc) is 2.62. The number of anilines is 1. The number of nitrogens with zero attached hydrogens (tertiary/aromatic N) is 1. The van der Waals surface area contributed by atoms with Gasteiger partial charge in [0.15, 0.2) is 0 Å². The van der Waals surface area contributed by atoms with E-state index in [9.17, 15) is 15.2 Å². The lowest BCUT2D eigenvalue weighted by Crippen LogP contribution is -2.46. The molecule has 2 aromatic rings. The number of hydrogen-bond donors (Lipinski definition) is 2. The maximum atomic E-state index is 11.5. The zero-order valence-electron chi connectivity index (χ0n) is 15.7. The van der Waals surface area contributed by atoms with E-state index in [1.165, 1.54) is 6.07 Å². The lowest BCUT2D eigenvalue weighted by atomic mass is 9.90. The largest absolute Gasteiger partial charge is 0.497 e. The molecule has 7 nitrogen and oxygen atoms in total. The van der Waals surface area contributed by atoms with Gasteiger partial charge in [0.1, 0.15) is 22.8 Å². The standard InChI is InChI=1S/C20H24N2O5/c1-20(2)19(23)11-14-10-16(17(22(24)25)12-18(14)27-20)21-9-8-13-4-6-15(26-3)7-5-13/h4-7,10,12,19,21,23H,8-9,11H2,1-3H3. The van der Waals surface area contributed by atoms with Crippen molar-refractivity contribution in [2.24, 2.45) is 0 Å². The van der Waals surface area contributed by atoms with Crippen molar-refractivity contribution in [3.05, 3.63) is 57.6 Å². The molecule has 1 heterocycles. The Balaban J connectivity index is 1.76. The number of nitro groups is 1. The number of rotatable bonds is 6. The molecule has 144 valence electrons. The van der Waals surface area contributed by atoms with E-state index in [-0.39, 0.29) is 5.69 Å². The Kier molecular flexibility index (Phi) is 5.23. The van der Waals surface area contributed by atoms with Gasteiger partial charge in [0.05, 0.1) is 24.2 Å². The van der Waals surface area contributed by atoms with Gasteiger partial charge in [-0.3, -0.25) is 10.1 Å². The molecule has 27 heavy (non-hydrogen) atoms. The topological polar surface area (TPSA) is 93.9 Å². The highest BCUT2D eigenvalue weighted by atomic mass is 16.6. The van der Waals surface area contributed by atoms with E-state index in [2.05, 4.69) is 5.32 Å². The lowest BCUT2D eigenvalue weighted by Gasteiger charge is -2.37. The Morgan fingerprint density at radius 3 is 2.67 bits per heavy atom. The summed E-state index contributed by atoms with van der Waals surface area (Å²) in [5.74, 6) is 1.25. The number of aliphatic hydroxyl groups is 1. The Bertz CT molecular complexity index is 833. The number of nitrogens with one attached hydrogen (secondary N) is 1. The molecule has 2 N–H and O–H groups in total. The highest BCUT2D eigenvalue weighted by molar-refractivity contribution is 5.67. The minimum atomic E-state index is -0.774. The van der Waals surface area contributed by atoms with Gasteiger partial charge in [-0.05, 0) is 49.6 Å². The molecule has 0 saturated carbocycles. The van der Waals surface area contributed by atoms with Gasteiger partial charge < -0.3 is 19.9 Å². The third kappa shape index (κ3) is 4.14. The van der Waals surface area contributed by atoms with Crippen molar-refractivity contribution < 1.29 is 19.5 Å². The fourth-order valence-corrected chi connectivity index (χ4v) is 3.10. The van der Waals surface area contributed by atoms with E-state index < -0.39 is 16.6 Å². The van der Waals surface area contributed by atoms with Gasteiger partial charge in [-0.15, -0.1) is 0 Å². The van der Waals surface area contributed by atoms with Crippen LogP contribution in [0.25, 0.3) is 0 Å². The van der Waals surface area contributed by atoms with E-state index in [4.69, 9.17) is 9.47 Å². The summed E-state index contributed by atoms with van der Waals surface area (Å²) in [5.41, 5.74) is 1.49. The molecule has 1 aliphatic rings. The molecule has 0 bridgehead atoms. The van der Waals surface area contributed by atoms with Crippen LogP contribution in [0.4, 0.5) is 11.4 Å². The van der Waals surface area contributed by atoms with Gasteiger partial charge in [-0.2, -0.15) is 0 Å². The molecule has 7 heteroatoms. The van der Waals surface area contributed by atoms with Gasteiger partial charge in [0, 0.05) is 13.0 Å². The summed E-state index contributed by atoms with van der Waals surface area (Å²) >= 11 is 0. The van der Waals surface area contributed by atoms with E-state index in [0.29, 0.717) is 30.8 Å². The molecule has 1 aliphatic heterocycles. The molecule has 0 fully saturated rings. The zero-order chi connectivity index (χ0) is 19.6. The second kappa shape index (κ2) is 7.44. The first kappa shape index (κ1) is 19.0. The number of benzene rings is 2. The van der Waals surface area contributed by atoms with Crippen LogP contribution in [0, 0.1) is 10.1 Å². The third-order valence-corrected chi connectivity index (χ3v) is 4.85. The SMILES string of the molecule is COc1ccc(CCNc2cc3c(cc2[N+](=O)[O-])OC(C)(C)C(O)C3)cc1. The first-order valence-electron chi connectivity index (χ1n) is 8.85. The van der Waals surface area contributed by atoms with Gasteiger partial charge in [-0.1, -0.05) is 12.1 Å². The van der Waals surface area contributed by atoms with Crippen molar-refractivity contribution in [3.63, 3.8) is 0 Å². The molecular formula is C20H24N2O5. The second-order valence-electron chi connectivity index (χ2n) is 7.18. The van der Waals surface area contributed by atoms with Crippen molar-refractivity contribution in [2.45, 2.75) is 38.4 Å². The molecule has 0 aliphatic carbocycles. The molecule has 1 unspecified atom stereocenters. The van der Waals surface area contributed by atoms with Gasteiger partial charge in [0.25, 0.3) is 5.69 Å². The first-order valence-corrected chi connectivity index (χ1v) is 8.85. The lowest BCUT2D eigenvalue weighted by molar-refractivity contribution is -0.384. The van der Waals surface area contributed by atoms with Crippen molar-refractivity contribution in [3.8, 4) is 11.5 Å². The van der Waals surface area contributed by atoms with Crippen molar-refractivity contribution in [2.75, 3.05) is 19.0 Å². The molecule has 0 spiro atoms. The fourth-order valence-electron chi connectivity index (χ4n) is 3.10. The summed E-state index contributed by atoms with van der Waals surface area (Å²) in [6, 6.07) is 10.9. The third-order valence-electron chi connectivity index (χ3n) is 4.85. The molecular weight excluding hydrogens is 348 g/mol. The van der Waals surface area contributed by atoms with Crippen LogP contribution in [-0.2, 0) is 12.8 Å². The number of hydrogen-bond acceptors (Lipinski definition) is 6. The van der Waals surface area contributed by atoms with Crippen LogP contribution < -0.4 is 14.8 Å². The number of fused-ring (bicyclic) bond motifs is 1. The van der Waals surface area contributed by atoms with Crippen LogP contribution in [0.5, 0.6) is 11.5 Å². The summed E-state index contributed by atoms with van der Waals surface area (Å²) in [7, 11) is 1.62. The highest BCUT2D eigenvalue weighted by Gasteiger charge is 2.37. The molecule has 3 rings (SSSR count). The summed E-state index contributed by atoms with van der Waals surface area (Å²) in [6.45, 7) is 4.09. The average molecular weight is 372 g/mol. The molecule has 0 saturated heterocycles. The number of ether oxygens (including phenoxy) is 2. The Labute approximate surface area is 158 Å². The molecule has 1 atom stereocenters. The summed E-state index contributed by atoms with van der Waals surface area (Å²) in [4.78, 5) is 11.1. The Hall–Kier alpha value is -2.80. The number of aliphatic hydroxyl groups excluding tert-OH is 1. The molecule has 0 aromatic heterocycles. The van der Waals surface area contributed by atoms with Crippen LogP contribution in [-0.4, -0.2) is 35.4 Å².